The molecule has 0 saturated heterocycles. The second kappa shape index (κ2) is 23.7. The number of hydrogen-bond acceptors (Lipinski definition) is 8. The van der Waals surface area contributed by atoms with Gasteiger partial charge in [0.2, 0.25) is 5.91 Å². The number of nitrogens with zero attached hydrogens (tertiary/aromatic N) is 2. The summed E-state index contributed by atoms with van der Waals surface area (Å²) in [7, 11) is -1.61. The Bertz CT molecular complexity index is 1780. The number of aromatic nitrogens is 1. The summed E-state index contributed by atoms with van der Waals surface area (Å²) in [5, 5.41) is 5.64. The minimum Gasteiger partial charge on any atom is -0.463 e. The highest BCUT2D eigenvalue weighted by atomic mass is 32.3. The average molecular weight is 882 g/mol. The number of alkyl carbamates (subject to hydrolysis) is 1. The van der Waals surface area contributed by atoms with Crippen LogP contribution in [0.15, 0.2) is 60.8 Å². The fraction of sp³-hybridized carbons (Fsp3) is 0.568. The standard InChI is InChI=1S/C44H69F2N5O5S3/c1-44(2,3)41(39-28-34(36-29-35(45)16-17-37(36)46)32-51(39)31-33-14-11-10-12-15-33)50(20-13-19-48-43(54)56-23-27-59(7,8)9)21-25-57-24-18-40(52)49-38(30-47)42(53)55-22-26-58(4,5)6/h10-12,14-17,28-29,32,38,41H,13,18-27,30-31,47H2,1-9H3,(H,48,54)(H,49,52)/t38?,41-/m0/s1. The summed E-state index contributed by atoms with van der Waals surface area (Å²) >= 11 is 1.63. The van der Waals surface area contributed by atoms with Gasteiger partial charge in [-0.2, -0.15) is 11.8 Å². The predicted octanol–water partition coefficient (Wildman–Crippen LogP) is 7.49. The molecule has 0 spiro atoms. The van der Waals surface area contributed by atoms with Gasteiger partial charge < -0.3 is 30.4 Å². The van der Waals surface area contributed by atoms with Crippen LogP contribution in [0.1, 0.15) is 50.9 Å². The van der Waals surface area contributed by atoms with E-state index in [2.05, 4.69) is 78.4 Å². The first-order valence-corrected chi connectivity index (χ1v) is 27.3. The van der Waals surface area contributed by atoms with Crippen molar-refractivity contribution in [3.05, 3.63) is 83.7 Å². The molecule has 0 saturated carbocycles. The van der Waals surface area contributed by atoms with Gasteiger partial charge in [0.15, 0.2) is 0 Å². The van der Waals surface area contributed by atoms with Crippen LogP contribution in [0.4, 0.5) is 13.6 Å². The van der Waals surface area contributed by atoms with E-state index < -0.39 is 49.8 Å². The number of amides is 2. The molecule has 0 aliphatic carbocycles. The molecule has 59 heavy (non-hydrogen) atoms. The zero-order valence-corrected chi connectivity index (χ0v) is 39.1. The lowest BCUT2D eigenvalue weighted by molar-refractivity contribution is -0.146. The smallest absolute Gasteiger partial charge is 0.407 e. The van der Waals surface area contributed by atoms with Gasteiger partial charge in [0.1, 0.15) is 24.3 Å². The van der Waals surface area contributed by atoms with Gasteiger partial charge >= 0.3 is 12.1 Å². The van der Waals surface area contributed by atoms with Crippen LogP contribution in [0.25, 0.3) is 11.1 Å². The number of esters is 1. The van der Waals surface area contributed by atoms with Crippen LogP contribution in [-0.2, 0) is 25.6 Å². The molecule has 3 rings (SSSR count). The second-order valence-corrected chi connectivity index (χ2v) is 28.0. The quantitative estimate of drug-likeness (QED) is 0.0625. The highest BCUT2D eigenvalue weighted by Crippen LogP contribution is 2.41. The number of thioether (sulfide) groups is 1. The maximum atomic E-state index is 15.2. The first-order chi connectivity index (χ1) is 27.7. The van der Waals surface area contributed by atoms with E-state index in [-0.39, 0.29) is 35.9 Å². The molecule has 1 unspecified atom stereocenters. The van der Waals surface area contributed by atoms with E-state index in [1.54, 1.807) is 11.8 Å². The van der Waals surface area contributed by atoms with Crippen molar-refractivity contribution in [1.29, 1.82) is 0 Å². The van der Waals surface area contributed by atoms with Crippen LogP contribution in [-0.4, -0.2) is 133 Å². The van der Waals surface area contributed by atoms with Gasteiger partial charge in [0, 0.05) is 85.2 Å². The minimum absolute atomic E-state index is 0.0484. The van der Waals surface area contributed by atoms with Crippen LogP contribution in [0.5, 0.6) is 0 Å². The van der Waals surface area contributed by atoms with Crippen molar-refractivity contribution < 1.29 is 32.6 Å². The lowest BCUT2D eigenvalue weighted by Crippen LogP contribution is -2.47. The van der Waals surface area contributed by atoms with Gasteiger partial charge in [-0.1, -0.05) is 51.1 Å². The molecule has 0 radical (unpaired) electrons. The van der Waals surface area contributed by atoms with Crippen molar-refractivity contribution in [3.8, 4) is 11.1 Å². The summed E-state index contributed by atoms with van der Waals surface area (Å²) in [5.74, 6) is 1.02. The molecule has 0 bridgehead atoms. The summed E-state index contributed by atoms with van der Waals surface area (Å²) in [6.45, 7) is 9.32. The number of carbonyl (C=O) groups is 3. The topological polar surface area (TPSA) is 128 Å². The minimum atomic E-state index is -0.895. The number of ether oxygens (including phenoxy) is 2. The Labute approximate surface area is 359 Å². The van der Waals surface area contributed by atoms with E-state index in [1.807, 2.05) is 42.6 Å². The zero-order valence-electron chi connectivity index (χ0n) is 36.6. The predicted molar refractivity (Wildman–Crippen MR) is 247 cm³/mol. The molecule has 332 valence electrons. The van der Waals surface area contributed by atoms with Crippen molar-refractivity contribution >= 4 is 49.8 Å². The van der Waals surface area contributed by atoms with Gasteiger partial charge in [0.25, 0.3) is 0 Å². The lowest BCUT2D eigenvalue weighted by Gasteiger charge is -2.41. The van der Waals surface area contributed by atoms with Crippen LogP contribution < -0.4 is 16.4 Å². The Morgan fingerprint density at radius 1 is 0.898 bits per heavy atom. The number of hydrogen-bond donors (Lipinski definition) is 3. The van der Waals surface area contributed by atoms with Gasteiger partial charge in [-0.25, -0.2) is 38.4 Å². The second-order valence-electron chi connectivity index (χ2n) is 17.6. The number of rotatable bonds is 24. The summed E-state index contributed by atoms with van der Waals surface area (Å²) in [6, 6.07) is 14.4. The molecule has 1 aromatic heterocycles. The third-order valence-electron chi connectivity index (χ3n) is 9.44. The first kappa shape index (κ1) is 50.1. The van der Waals surface area contributed by atoms with Crippen LogP contribution in [0, 0.1) is 17.0 Å². The number of halogens is 2. The van der Waals surface area contributed by atoms with Crippen LogP contribution in [0.3, 0.4) is 0 Å². The number of benzene rings is 2. The molecule has 10 nitrogen and oxygen atoms in total. The van der Waals surface area contributed by atoms with E-state index in [0.717, 1.165) is 34.9 Å². The largest absolute Gasteiger partial charge is 0.463 e. The number of nitrogens with two attached hydrogens (primary N) is 1. The third kappa shape index (κ3) is 18.5. The zero-order chi connectivity index (χ0) is 43.8. The van der Waals surface area contributed by atoms with E-state index in [1.165, 1.54) is 6.07 Å². The summed E-state index contributed by atoms with van der Waals surface area (Å²) in [6.07, 6.45) is 15.3. The van der Waals surface area contributed by atoms with Crippen molar-refractivity contribution in [3.63, 3.8) is 0 Å². The number of carbonyl (C=O) groups excluding carboxylic acids is 3. The lowest BCUT2D eigenvalue weighted by atomic mass is 9.83. The maximum Gasteiger partial charge on any atom is 0.407 e. The molecule has 2 amide bonds. The summed E-state index contributed by atoms with van der Waals surface area (Å²) in [4.78, 5) is 40.4. The molecule has 3 aromatic rings. The molecular weight excluding hydrogens is 813 g/mol. The Hall–Kier alpha value is -3.24. The van der Waals surface area contributed by atoms with Crippen molar-refractivity contribution in [2.45, 2.75) is 52.2 Å². The van der Waals surface area contributed by atoms with Crippen molar-refractivity contribution in [2.75, 3.05) is 99.9 Å². The molecule has 0 aliphatic rings. The van der Waals surface area contributed by atoms with Crippen LogP contribution >= 0.6 is 31.8 Å². The maximum absolute atomic E-state index is 15.2. The van der Waals surface area contributed by atoms with Gasteiger partial charge in [-0.3, -0.25) is 9.69 Å². The highest BCUT2D eigenvalue weighted by Gasteiger charge is 2.34. The Morgan fingerprint density at radius 3 is 2.19 bits per heavy atom. The summed E-state index contributed by atoms with van der Waals surface area (Å²) in [5.41, 5.74) is 8.29. The van der Waals surface area contributed by atoms with E-state index >= 15 is 4.39 Å². The highest BCUT2D eigenvalue weighted by molar-refractivity contribution is 8.32. The van der Waals surface area contributed by atoms with Gasteiger partial charge in [-0.05, 0) is 79.2 Å². The van der Waals surface area contributed by atoms with E-state index in [4.69, 9.17) is 15.2 Å². The first-order valence-electron chi connectivity index (χ1n) is 20.1. The fourth-order valence-electron chi connectivity index (χ4n) is 6.42. The molecule has 4 N–H and O–H groups in total. The molecular formula is C44H69F2N5O5S3. The average Bonchev–Trinajstić information content (AvgIpc) is 3.53. The van der Waals surface area contributed by atoms with E-state index in [9.17, 15) is 18.8 Å². The van der Waals surface area contributed by atoms with Gasteiger partial charge in [0.05, 0.1) is 12.6 Å². The number of nitrogens with one attached hydrogen (secondary N) is 2. The van der Waals surface area contributed by atoms with Crippen molar-refractivity contribution in [2.24, 2.45) is 11.1 Å². The van der Waals surface area contributed by atoms with Gasteiger partial charge in [-0.15, -0.1) is 0 Å². The Morgan fingerprint density at radius 2 is 1.56 bits per heavy atom. The van der Waals surface area contributed by atoms with Crippen LogP contribution in [0.2, 0.25) is 0 Å². The molecule has 15 heteroatoms. The fourth-order valence-corrected chi connectivity index (χ4v) is 8.48. The monoisotopic (exact) mass is 881 g/mol. The van der Waals surface area contributed by atoms with Crippen molar-refractivity contribution in [1.82, 2.24) is 20.1 Å². The molecule has 0 aliphatic heterocycles. The van der Waals surface area contributed by atoms with E-state index in [0.29, 0.717) is 62.9 Å². The summed E-state index contributed by atoms with van der Waals surface area (Å²) < 4.78 is 42.7. The Kier molecular flexibility index (Phi) is 20.1. The molecule has 2 atom stereocenters. The molecule has 2 aromatic carbocycles. The third-order valence-corrected chi connectivity index (χ3v) is 13.2. The molecule has 0 fully saturated rings. The molecule has 1 heterocycles. The SMILES string of the molecule is CC(C)(C)[C@H](c1cc(-c2cc(F)ccc2F)cn1Cc1ccccc1)N(CCCNC(=O)OCCS(C)(C)C)CCSCCC(=O)NC(CN)C(=O)OCCS(C)(C)C. The normalized spacial score (nSPS) is 13.8. The Balaban J connectivity index is 1.81.